The van der Waals surface area contributed by atoms with Crippen LogP contribution in [0.2, 0.25) is 5.15 Å². The minimum atomic E-state index is 0. The van der Waals surface area contributed by atoms with Crippen LogP contribution >= 0.6 is 11.6 Å². The molecule has 1 aromatic carbocycles. The highest BCUT2D eigenvalue weighted by Crippen LogP contribution is 2.37. The molecule has 1 aromatic heterocycles. The average Bonchev–Trinajstić information content (AvgIpc) is 2.41. The second-order valence-electron chi connectivity index (χ2n) is 5.38. The molecular weight excluding hydrogens is 256 g/mol. The molecule has 0 N–H and O–H groups in total. The maximum Gasteiger partial charge on any atom is 0.159 e. The first-order valence-corrected chi connectivity index (χ1v) is 7.04. The number of hydrogen-bond acceptors (Lipinski definition) is 2. The number of nitrogens with zero attached hydrogens (tertiary/aromatic N) is 2. The highest BCUT2D eigenvalue weighted by Gasteiger charge is 2.23. The summed E-state index contributed by atoms with van der Waals surface area (Å²) in [6.45, 7) is 2.34. The monoisotopic (exact) mass is 276 g/mol. The maximum atomic E-state index is 6.12. The van der Waals surface area contributed by atoms with E-state index in [1.807, 2.05) is 12.1 Å². The summed E-state index contributed by atoms with van der Waals surface area (Å²) in [5.41, 5.74) is 1.14. The molecule has 2 nitrogen and oxygen atoms in total. The van der Waals surface area contributed by atoms with Crippen molar-refractivity contribution < 1.29 is 0 Å². The summed E-state index contributed by atoms with van der Waals surface area (Å²) >= 11 is 6.12. The molecule has 19 heavy (non-hydrogen) atoms. The van der Waals surface area contributed by atoms with Gasteiger partial charge in [-0.2, -0.15) is 5.10 Å². The van der Waals surface area contributed by atoms with Crippen LogP contribution in [0.3, 0.4) is 0 Å². The van der Waals surface area contributed by atoms with Gasteiger partial charge in [0.2, 0.25) is 0 Å². The Morgan fingerprint density at radius 3 is 2.32 bits per heavy atom. The first kappa shape index (κ1) is 14.3. The summed E-state index contributed by atoms with van der Waals surface area (Å²) < 4.78 is 0. The van der Waals surface area contributed by atoms with Gasteiger partial charge >= 0.3 is 0 Å². The maximum absolute atomic E-state index is 6.12. The van der Waals surface area contributed by atoms with Crippen molar-refractivity contribution in [2.45, 2.75) is 46.0 Å². The first-order chi connectivity index (χ1) is 8.75. The van der Waals surface area contributed by atoms with E-state index in [1.165, 1.54) is 31.1 Å². The SMILES string of the molecule is C.CC1CCC(c2nnc(Cl)c3ccccc23)CC1. The quantitative estimate of drug-likeness (QED) is 0.714. The van der Waals surface area contributed by atoms with Crippen molar-refractivity contribution in [1.82, 2.24) is 10.2 Å². The normalized spacial score (nSPS) is 23.1. The summed E-state index contributed by atoms with van der Waals surface area (Å²) in [6.07, 6.45) is 5.04. The summed E-state index contributed by atoms with van der Waals surface area (Å²) in [4.78, 5) is 0. The van der Waals surface area contributed by atoms with Crippen molar-refractivity contribution in [3.05, 3.63) is 35.1 Å². The average molecular weight is 277 g/mol. The zero-order chi connectivity index (χ0) is 12.5. The van der Waals surface area contributed by atoms with Crippen LogP contribution in [-0.2, 0) is 0 Å². The van der Waals surface area contributed by atoms with Crippen molar-refractivity contribution in [2.24, 2.45) is 5.92 Å². The zero-order valence-corrected chi connectivity index (χ0v) is 11.3. The fourth-order valence-corrected chi connectivity index (χ4v) is 3.13. The van der Waals surface area contributed by atoms with E-state index in [0.29, 0.717) is 11.1 Å². The van der Waals surface area contributed by atoms with Gasteiger partial charge < -0.3 is 0 Å². The van der Waals surface area contributed by atoms with Crippen molar-refractivity contribution in [1.29, 1.82) is 0 Å². The van der Waals surface area contributed by atoms with Crippen LogP contribution in [0.15, 0.2) is 24.3 Å². The lowest BCUT2D eigenvalue weighted by atomic mass is 9.80. The van der Waals surface area contributed by atoms with E-state index in [-0.39, 0.29) is 7.43 Å². The molecule has 0 aliphatic heterocycles. The molecule has 3 rings (SSSR count). The molecular formula is C16H21ClN2. The second kappa shape index (κ2) is 5.87. The topological polar surface area (TPSA) is 25.8 Å². The molecule has 1 heterocycles. The Bertz CT molecular complexity index is 560. The second-order valence-corrected chi connectivity index (χ2v) is 5.74. The minimum absolute atomic E-state index is 0. The third-order valence-electron chi connectivity index (χ3n) is 4.07. The predicted octanol–water partition coefficient (Wildman–Crippen LogP) is 5.21. The van der Waals surface area contributed by atoms with Crippen LogP contribution in [0.1, 0.15) is 51.6 Å². The van der Waals surface area contributed by atoms with Crippen LogP contribution in [0.4, 0.5) is 0 Å². The van der Waals surface area contributed by atoms with E-state index in [1.54, 1.807) is 0 Å². The molecule has 0 amide bonds. The van der Waals surface area contributed by atoms with Gasteiger partial charge in [-0.3, -0.25) is 0 Å². The molecule has 0 radical (unpaired) electrons. The minimum Gasteiger partial charge on any atom is -0.153 e. The lowest BCUT2D eigenvalue weighted by Crippen LogP contribution is -2.13. The van der Waals surface area contributed by atoms with E-state index in [2.05, 4.69) is 29.3 Å². The molecule has 1 aliphatic rings. The highest BCUT2D eigenvalue weighted by molar-refractivity contribution is 6.34. The Morgan fingerprint density at radius 2 is 1.63 bits per heavy atom. The Hall–Kier alpha value is -1.15. The Labute approximate surface area is 120 Å². The molecule has 2 aromatic rings. The van der Waals surface area contributed by atoms with Gasteiger partial charge in [0.15, 0.2) is 5.15 Å². The van der Waals surface area contributed by atoms with Gasteiger partial charge in [-0.05, 0) is 18.8 Å². The molecule has 102 valence electrons. The van der Waals surface area contributed by atoms with Crippen molar-refractivity contribution in [3.8, 4) is 0 Å². The van der Waals surface area contributed by atoms with Gasteiger partial charge in [0.25, 0.3) is 0 Å². The molecule has 0 atom stereocenters. The summed E-state index contributed by atoms with van der Waals surface area (Å²) in [7, 11) is 0. The lowest BCUT2D eigenvalue weighted by molar-refractivity contribution is 0.344. The fraction of sp³-hybridized carbons (Fsp3) is 0.500. The first-order valence-electron chi connectivity index (χ1n) is 6.66. The zero-order valence-electron chi connectivity index (χ0n) is 10.6. The van der Waals surface area contributed by atoms with Crippen molar-refractivity contribution in [3.63, 3.8) is 0 Å². The highest BCUT2D eigenvalue weighted by atomic mass is 35.5. The summed E-state index contributed by atoms with van der Waals surface area (Å²) in [5.74, 6) is 1.41. The molecule has 1 aliphatic carbocycles. The number of fused-ring (bicyclic) bond motifs is 1. The Balaban J connectivity index is 0.00000133. The molecule has 3 heteroatoms. The van der Waals surface area contributed by atoms with Gasteiger partial charge in [-0.15, -0.1) is 5.10 Å². The van der Waals surface area contributed by atoms with Gasteiger partial charge in [-0.1, -0.05) is 63.1 Å². The number of rotatable bonds is 1. The van der Waals surface area contributed by atoms with Crippen molar-refractivity contribution in [2.75, 3.05) is 0 Å². The van der Waals surface area contributed by atoms with E-state index >= 15 is 0 Å². The molecule has 0 spiro atoms. The number of hydrogen-bond donors (Lipinski definition) is 0. The van der Waals surface area contributed by atoms with Crippen molar-refractivity contribution >= 4 is 22.4 Å². The number of halogens is 1. The third kappa shape index (κ3) is 2.74. The Morgan fingerprint density at radius 1 is 1.00 bits per heavy atom. The van der Waals surface area contributed by atoms with E-state index in [4.69, 9.17) is 11.6 Å². The Kier molecular flexibility index (Phi) is 4.41. The number of aromatic nitrogens is 2. The van der Waals surface area contributed by atoms with Crippen LogP contribution in [0, 0.1) is 5.92 Å². The standard InChI is InChI=1S/C15H17ClN2.CH4/c1-10-6-8-11(9-7-10)14-12-4-2-3-5-13(12)15(16)18-17-14;/h2-5,10-11H,6-9H2,1H3;1H4. The van der Waals surface area contributed by atoms with Crippen LogP contribution in [-0.4, -0.2) is 10.2 Å². The molecule has 1 fully saturated rings. The van der Waals surface area contributed by atoms with Crippen LogP contribution in [0.25, 0.3) is 10.8 Å². The molecule has 0 bridgehead atoms. The molecule has 0 unspecified atom stereocenters. The van der Waals surface area contributed by atoms with Crippen LogP contribution < -0.4 is 0 Å². The summed E-state index contributed by atoms with van der Waals surface area (Å²) in [6, 6.07) is 8.20. The number of benzene rings is 1. The van der Waals surface area contributed by atoms with Gasteiger partial charge in [-0.25, -0.2) is 0 Å². The van der Waals surface area contributed by atoms with E-state index in [0.717, 1.165) is 17.0 Å². The van der Waals surface area contributed by atoms with Crippen LogP contribution in [0.5, 0.6) is 0 Å². The largest absolute Gasteiger partial charge is 0.159 e. The van der Waals surface area contributed by atoms with E-state index in [9.17, 15) is 0 Å². The van der Waals surface area contributed by atoms with Gasteiger partial charge in [0, 0.05) is 16.7 Å². The predicted molar refractivity (Wildman–Crippen MR) is 81.7 cm³/mol. The molecule has 0 saturated heterocycles. The fourth-order valence-electron chi connectivity index (χ4n) is 2.93. The van der Waals surface area contributed by atoms with Gasteiger partial charge in [0.1, 0.15) is 0 Å². The van der Waals surface area contributed by atoms with Gasteiger partial charge in [0.05, 0.1) is 5.69 Å². The summed E-state index contributed by atoms with van der Waals surface area (Å²) in [5, 5.41) is 11.2. The third-order valence-corrected chi connectivity index (χ3v) is 4.35. The lowest BCUT2D eigenvalue weighted by Gasteiger charge is -2.26. The molecule has 1 saturated carbocycles. The smallest absolute Gasteiger partial charge is 0.153 e. The van der Waals surface area contributed by atoms with E-state index < -0.39 is 0 Å².